The predicted molar refractivity (Wildman–Crippen MR) is 58.7 cm³/mol. The summed E-state index contributed by atoms with van der Waals surface area (Å²) in [5.41, 5.74) is 0.780. The lowest BCUT2D eigenvalue weighted by atomic mass is 10.2. The number of carbonyl (C=O) groups excluding carboxylic acids is 1. The van der Waals surface area contributed by atoms with E-state index in [-0.39, 0.29) is 5.69 Å². The molecule has 2 N–H and O–H groups in total. The molecule has 0 spiro atoms. The van der Waals surface area contributed by atoms with Gasteiger partial charge in [0.25, 0.3) is 0 Å². The van der Waals surface area contributed by atoms with Crippen LogP contribution in [0.3, 0.4) is 0 Å². The van der Waals surface area contributed by atoms with Gasteiger partial charge in [-0.05, 0) is 24.6 Å². The van der Waals surface area contributed by atoms with Crippen LogP contribution in [-0.2, 0) is 4.79 Å². The van der Waals surface area contributed by atoms with Gasteiger partial charge < -0.3 is 10.6 Å². The van der Waals surface area contributed by atoms with E-state index in [2.05, 4.69) is 5.32 Å². The molecule has 0 fully saturated rings. The van der Waals surface area contributed by atoms with Gasteiger partial charge in [-0.3, -0.25) is 4.79 Å². The van der Waals surface area contributed by atoms with Gasteiger partial charge in [-0.25, -0.2) is 4.39 Å². The van der Waals surface area contributed by atoms with Crippen LogP contribution in [0.15, 0.2) is 18.2 Å². The molecule has 1 aromatic carbocycles. The Balaban J connectivity index is 2.43. The first kappa shape index (κ1) is 14.3. The normalized spacial score (nSPS) is 11.2. The fraction of sp³-hybridized carbons (Fsp3) is 0.364. The average molecular weight is 264 g/mol. The van der Waals surface area contributed by atoms with Crippen molar-refractivity contribution in [3.63, 3.8) is 0 Å². The first-order valence-electron chi connectivity index (χ1n) is 5.11. The first-order valence-corrected chi connectivity index (χ1v) is 5.11. The number of aryl methyl sites for hydroxylation is 1. The average Bonchev–Trinajstić information content (AvgIpc) is 2.24. The lowest BCUT2D eigenvalue weighted by Crippen LogP contribution is -2.37. The van der Waals surface area contributed by atoms with Gasteiger partial charge in [0, 0.05) is 0 Å². The number of nitrogens with one attached hydrogen (secondary N) is 2. The lowest BCUT2D eigenvalue weighted by molar-refractivity contribution is -0.137. The van der Waals surface area contributed by atoms with Gasteiger partial charge in [0.05, 0.1) is 12.2 Å². The number of alkyl halides is 3. The van der Waals surface area contributed by atoms with Crippen LogP contribution < -0.4 is 10.6 Å². The summed E-state index contributed by atoms with van der Waals surface area (Å²) in [6.45, 7) is -0.122. The minimum atomic E-state index is -4.45. The number of benzene rings is 1. The summed E-state index contributed by atoms with van der Waals surface area (Å²) in [4.78, 5) is 11.0. The Morgan fingerprint density at radius 3 is 2.56 bits per heavy atom. The molecule has 7 heteroatoms. The van der Waals surface area contributed by atoms with E-state index in [0.29, 0.717) is 5.56 Å². The largest absolute Gasteiger partial charge is 0.405 e. The zero-order chi connectivity index (χ0) is 13.8. The highest BCUT2D eigenvalue weighted by molar-refractivity contribution is 5.80. The van der Waals surface area contributed by atoms with E-state index in [4.69, 9.17) is 0 Å². The highest BCUT2D eigenvalue weighted by atomic mass is 19.4. The maximum absolute atomic E-state index is 13.3. The van der Waals surface area contributed by atoms with Crippen LogP contribution in [0.5, 0.6) is 0 Å². The van der Waals surface area contributed by atoms with Crippen molar-refractivity contribution >= 4 is 11.6 Å². The van der Waals surface area contributed by atoms with Crippen molar-refractivity contribution in [3.8, 4) is 0 Å². The molecule has 0 aromatic heterocycles. The Morgan fingerprint density at radius 1 is 1.33 bits per heavy atom. The fourth-order valence-corrected chi connectivity index (χ4v) is 1.20. The summed E-state index contributed by atoms with van der Waals surface area (Å²) in [7, 11) is 0. The Labute approximate surface area is 101 Å². The summed E-state index contributed by atoms with van der Waals surface area (Å²) >= 11 is 0. The van der Waals surface area contributed by atoms with Crippen molar-refractivity contribution < 1.29 is 22.4 Å². The summed E-state index contributed by atoms with van der Waals surface area (Å²) in [6, 6.07) is 4.30. The molecule has 0 heterocycles. The number of rotatable bonds is 4. The zero-order valence-electron chi connectivity index (χ0n) is 9.57. The van der Waals surface area contributed by atoms with Crippen molar-refractivity contribution in [2.24, 2.45) is 0 Å². The van der Waals surface area contributed by atoms with E-state index < -0.39 is 31.0 Å². The van der Waals surface area contributed by atoms with Crippen molar-refractivity contribution in [1.29, 1.82) is 0 Å². The van der Waals surface area contributed by atoms with Crippen molar-refractivity contribution in [1.82, 2.24) is 5.32 Å². The van der Waals surface area contributed by atoms with Gasteiger partial charge in [-0.2, -0.15) is 13.2 Å². The smallest absolute Gasteiger partial charge is 0.374 e. The van der Waals surface area contributed by atoms with E-state index in [0.717, 1.165) is 0 Å². The molecule has 3 nitrogen and oxygen atoms in total. The SMILES string of the molecule is Cc1ccc(NCC(=O)NCC(F)(F)F)c(F)c1. The quantitative estimate of drug-likeness (QED) is 0.819. The maximum atomic E-state index is 13.3. The van der Waals surface area contributed by atoms with Gasteiger partial charge in [0.1, 0.15) is 12.4 Å². The van der Waals surface area contributed by atoms with Crippen LogP contribution in [0, 0.1) is 12.7 Å². The van der Waals surface area contributed by atoms with Gasteiger partial charge in [-0.15, -0.1) is 0 Å². The standard InChI is InChI=1S/C11H12F4N2O/c1-7-2-3-9(8(12)4-7)16-5-10(18)17-6-11(13,14)15/h2-4,16H,5-6H2,1H3,(H,17,18). The zero-order valence-corrected chi connectivity index (χ0v) is 9.57. The van der Waals surface area contributed by atoms with Crippen molar-refractivity contribution in [2.45, 2.75) is 13.1 Å². The molecule has 0 atom stereocenters. The van der Waals surface area contributed by atoms with Crippen LogP contribution >= 0.6 is 0 Å². The van der Waals surface area contributed by atoms with Crippen LogP contribution in [0.1, 0.15) is 5.56 Å². The third-order valence-electron chi connectivity index (χ3n) is 2.05. The van der Waals surface area contributed by atoms with Crippen LogP contribution in [0.2, 0.25) is 0 Å². The molecular formula is C11H12F4N2O. The Bertz CT molecular complexity index is 432. The third-order valence-corrected chi connectivity index (χ3v) is 2.05. The Kier molecular flexibility index (Phi) is 4.52. The molecule has 0 aliphatic carbocycles. The van der Waals surface area contributed by atoms with E-state index in [9.17, 15) is 22.4 Å². The molecule has 100 valence electrons. The number of amides is 1. The van der Waals surface area contributed by atoms with E-state index in [1.807, 2.05) is 0 Å². The fourth-order valence-electron chi connectivity index (χ4n) is 1.20. The van der Waals surface area contributed by atoms with Gasteiger partial charge in [0.15, 0.2) is 0 Å². The molecule has 18 heavy (non-hydrogen) atoms. The molecule has 0 aliphatic heterocycles. The molecule has 0 bridgehead atoms. The van der Waals surface area contributed by atoms with E-state index in [1.165, 1.54) is 12.1 Å². The lowest BCUT2D eigenvalue weighted by Gasteiger charge is -2.10. The van der Waals surface area contributed by atoms with Gasteiger partial charge in [-0.1, -0.05) is 6.07 Å². The number of hydrogen-bond donors (Lipinski definition) is 2. The van der Waals surface area contributed by atoms with E-state index >= 15 is 0 Å². The number of carbonyl (C=O) groups is 1. The number of hydrogen-bond acceptors (Lipinski definition) is 2. The molecule has 1 aromatic rings. The summed E-state index contributed by atoms with van der Waals surface area (Å²) in [6.07, 6.45) is -4.45. The van der Waals surface area contributed by atoms with Crippen LogP contribution in [0.4, 0.5) is 23.2 Å². The molecule has 0 aliphatic rings. The summed E-state index contributed by atoms with van der Waals surface area (Å²) in [5.74, 6) is -1.41. The second kappa shape index (κ2) is 5.70. The second-order valence-electron chi connectivity index (χ2n) is 3.73. The summed E-state index contributed by atoms with van der Waals surface area (Å²) in [5, 5.41) is 4.10. The molecule has 0 saturated carbocycles. The van der Waals surface area contributed by atoms with Crippen molar-refractivity contribution in [2.75, 3.05) is 18.4 Å². The monoisotopic (exact) mass is 264 g/mol. The topological polar surface area (TPSA) is 41.1 Å². The minimum absolute atomic E-state index is 0.0720. The van der Waals surface area contributed by atoms with Crippen molar-refractivity contribution in [3.05, 3.63) is 29.6 Å². The molecular weight excluding hydrogens is 252 g/mol. The molecule has 0 saturated heterocycles. The molecule has 0 unspecified atom stereocenters. The number of halogens is 4. The van der Waals surface area contributed by atoms with Gasteiger partial charge in [0.2, 0.25) is 5.91 Å². The molecule has 1 rings (SSSR count). The second-order valence-corrected chi connectivity index (χ2v) is 3.73. The highest BCUT2D eigenvalue weighted by Gasteiger charge is 2.27. The third kappa shape index (κ3) is 5.03. The van der Waals surface area contributed by atoms with Crippen LogP contribution in [-0.4, -0.2) is 25.2 Å². The number of anilines is 1. The predicted octanol–water partition coefficient (Wildman–Crippen LogP) is 2.22. The highest BCUT2D eigenvalue weighted by Crippen LogP contribution is 2.15. The maximum Gasteiger partial charge on any atom is 0.405 e. The molecule has 0 radical (unpaired) electrons. The van der Waals surface area contributed by atoms with Gasteiger partial charge >= 0.3 is 6.18 Å². The Morgan fingerprint density at radius 2 is 2.00 bits per heavy atom. The Hall–Kier alpha value is -1.79. The first-order chi connectivity index (χ1) is 8.28. The molecule has 1 amide bonds. The summed E-state index contributed by atoms with van der Waals surface area (Å²) < 4.78 is 48.7. The van der Waals surface area contributed by atoms with E-state index in [1.54, 1.807) is 18.3 Å². The minimum Gasteiger partial charge on any atom is -0.374 e. The van der Waals surface area contributed by atoms with Crippen LogP contribution in [0.25, 0.3) is 0 Å².